The van der Waals surface area contributed by atoms with Crippen LogP contribution in [0.1, 0.15) is 16.8 Å². The van der Waals surface area contributed by atoms with Crippen LogP contribution in [0.2, 0.25) is 0 Å². The first-order chi connectivity index (χ1) is 12.1. The number of halogens is 1. The number of amides is 1. The molecule has 2 heterocycles. The molecule has 26 heavy (non-hydrogen) atoms. The third-order valence-corrected chi connectivity index (χ3v) is 5.14. The predicted octanol–water partition coefficient (Wildman–Crippen LogP) is 0.925. The van der Waals surface area contributed by atoms with E-state index in [9.17, 15) is 9.90 Å². The second kappa shape index (κ2) is 8.90. The van der Waals surface area contributed by atoms with E-state index in [1.165, 1.54) is 0 Å². The number of carbonyl (C=O) groups is 1. The molecule has 2 atom stereocenters. The van der Waals surface area contributed by atoms with Crippen molar-refractivity contribution >= 4 is 18.3 Å². The van der Waals surface area contributed by atoms with Gasteiger partial charge in [-0.05, 0) is 31.2 Å². The molecular formula is C18H27ClN2O5. The molecule has 1 amide bonds. The van der Waals surface area contributed by atoms with Crippen molar-refractivity contribution in [1.82, 2.24) is 4.90 Å². The van der Waals surface area contributed by atoms with Crippen molar-refractivity contribution in [2.75, 3.05) is 53.2 Å². The number of carbonyl (C=O) groups excluding carboxylic acids is 1. The van der Waals surface area contributed by atoms with Crippen molar-refractivity contribution in [3.8, 4) is 11.5 Å². The number of aliphatic hydroxyl groups is 1. The van der Waals surface area contributed by atoms with Gasteiger partial charge >= 0.3 is 0 Å². The van der Waals surface area contributed by atoms with E-state index in [-0.39, 0.29) is 36.3 Å². The lowest BCUT2D eigenvalue weighted by Gasteiger charge is -2.24. The highest BCUT2D eigenvalue weighted by molar-refractivity contribution is 5.95. The Bertz CT molecular complexity index is 630. The summed E-state index contributed by atoms with van der Waals surface area (Å²) in [6, 6.07) is 5.20. The number of ether oxygens (including phenoxy) is 3. The second-order valence-corrected chi connectivity index (χ2v) is 6.77. The maximum atomic E-state index is 12.9. The summed E-state index contributed by atoms with van der Waals surface area (Å²) in [5, 5.41) is 9.77. The Morgan fingerprint density at radius 3 is 2.92 bits per heavy atom. The Labute approximate surface area is 159 Å². The molecule has 2 saturated heterocycles. The molecular weight excluding hydrogens is 360 g/mol. The molecule has 0 aliphatic carbocycles. The van der Waals surface area contributed by atoms with E-state index in [0.717, 1.165) is 6.42 Å². The van der Waals surface area contributed by atoms with E-state index in [0.29, 0.717) is 56.5 Å². The second-order valence-electron chi connectivity index (χ2n) is 6.77. The minimum absolute atomic E-state index is 0. The molecule has 3 rings (SSSR count). The number of fused-ring (bicyclic) bond motifs is 1. The van der Waals surface area contributed by atoms with Crippen LogP contribution in [0, 0.1) is 11.3 Å². The molecule has 2 fully saturated rings. The number of methoxy groups -OCH3 is 1. The largest absolute Gasteiger partial charge is 0.493 e. The van der Waals surface area contributed by atoms with Gasteiger partial charge in [0.05, 0.1) is 33.5 Å². The number of rotatable bonds is 7. The van der Waals surface area contributed by atoms with Gasteiger partial charge in [0.25, 0.3) is 5.91 Å². The van der Waals surface area contributed by atoms with Gasteiger partial charge in [-0.15, -0.1) is 12.4 Å². The Hall–Kier alpha value is -1.54. The first-order valence-corrected chi connectivity index (χ1v) is 8.62. The molecule has 7 nitrogen and oxygen atoms in total. The van der Waals surface area contributed by atoms with Crippen LogP contribution >= 0.6 is 12.4 Å². The van der Waals surface area contributed by atoms with Gasteiger partial charge in [0.2, 0.25) is 0 Å². The zero-order valence-corrected chi connectivity index (χ0v) is 15.8. The molecule has 0 unspecified atom stereocenters. The minimum Gasteiger partial charge on any atom is -0.493 e. The number of nitrogens with two attached hydrogens (primary N) is 1. The fourth-order valence-electron chi connectivity index (χ4n) is 3.58. The van der Waals surface area contributed by atoms with Crippen LogP contribution in [-0.4, -0.2) is 69.1 Å². The van der Waals surface area contributed by atoms with Crippen molar-refractivity contribution < 1.29 is 24.1 Å². The van der Waals surface area contributed by atoms with Gasteiger partial charge in [-0.2, -0.15) is 0 Å². The normalized spacial score (nSPS) is 24.1. The fourth-order valence-corrected chi connectivity index (χ4v) is 3.58. The molecule has 0 saturated carbocycles. The van der Waals surface area contributed by atoms with Gasteiger partial charge in [-0.1, -0.05) is 0 Å². The fraction of sp³-hybridized carbons (Fsp3) is 0.611. The third kappa shape index (κ3) is 3.91. The minimum atomic E-state index is -0.317. The molecule has 3 N–H and O–H groups in total. The van der Waals surface area contributed by atoms with Gasteiger partial charge in [0, 0.05) is 30.0 Å². The maximum absolute atomic E-state index is 12.9. The topological polar surface area (TPSA) is 94.2 Å². The van der Waals surface area contributed by atoms with Gasteiger partial charge in [-0.3, -0.25) is 4.79 Å². The summed E-state index contributed by atoms with van der Waals surface area (Å²) in [4.78, 5) is 14.7. The standard InChI is InChI=1S/C18H26N2O5.ClH/c1-23-15-4-3-13(7-16(15)25-6-2-5-19)17(22)20-8-14-9-24-12-18(14,10-20)11-21;/h3-4,7,14,21H,2,5-6,8-12,19H2,1H3;1H/t14-,18-;/m0./s1. The number of nitrogens with zero attached hydrogens (tertiary/aromatic N) is 1. The zero-order valence-electron chi connectivity index (χ0n) is 15.0. The molecule has 8 heteroatoms. The van der Waals surface area contributed by atoms with Gasteiger partial charge in [0.15, 0.2) is 11.5 Å². The summed E-state index contributed by atoms with van der Waals surface area (Å²) >= 11 is 0. The molecule has 2 aliphatic heterocycles. The number of hydrogen-bond acceptors (Lipinski definition) is 6. The number of aliphatic hydroxyl groups excluding tert-OH is 1. The number of likely N-dealkylation sites (tertiary alicyclic amines) is 1. The molecule has 0 spiro atoms. The quantitative estimate of drug-likeness (QED) is 0.677. The van der Waals surface area contributed by atoms with Crippen LogP contribution in [0.4, 0.5) is 0 Å². The van der Waals surface area contributed by atoms with Crippen LogP contribution in [0.15, 0.2) is 18.2 Å². The Balaban J connectivity index is 0.00000243. The summed E-state index contributed by atoms with van der Waals surface area (Å²) in [5.41, 5.74) is 5.73. The van der Waals surface area contributed by atoms with Crippen LogP contribution in [-0.2, 0) is 4.74 Å². The summed E-state index contributed by atoms with van der Waals surface area (Å²) in [6.07, 6.45) is 0.730. The highest BCUT2D eigenvalue weighted by Crippen LogP contribution is 2.41. The molecule has 0 bridgehead atoms. The molecule has 1 aromatic carbocycles. The van der Waals surface area contributed by atoms with Crippen molar-refractivity contribution in [2.24, 2.45) is 17.1 Å². The van der Waals surface area contributed by atoms with Gasteiger partial charge in [-0.25, -0.2) is 0 Å². The zero-order chi connectivity index (χ0) is 17.9. The predicted molar refractivity (Wildman–Crippen MR) is 99.1 cm³/mol. The molecule has 1 aromatic rings. The maximum Gasteiger partial charge on any atom is 0.254 e. The van der Waals surface area contributed by atoms with Crippen LogP contribution in [0.5, 0.6) is 11.5 Å². The summed E-state index contributed by atoms with van der Waals surface area (Å²) in [6.45, 7) is 3.28. The summed E-state index contributed by atoms with van der Waals surface area (Å²) in [7, 11) is 1.57. The van der Waals surface area contributed by atoms with Crippen LogP contribution in [0.3, 0.4) is 0 Å². The lowest BCUT2D eigenvalue weighted by atomic mass is 9.82. The van der Waals surface area contributed by atoms with E-state index in [1.54, 1.807) is 30.2 Å². The summed E-state index contributed by atoms with van der Waals surface area (Å²) < 4.78 is 16.5. The lowest BCUT2D eigenvalue weighted by Crippen LogP contribution is -2.36. The van der Waals surface area contributed by atoms with Crippen LogP contribution in [0.25, 0.3) is 0 Å². The monoisotopic (exact) mass is 386 g/mol. The SMILES string of the molecule is COc1ccc(C(=O)N2C[C@H]3COC[C@@]3(CO)C2)cc1OCCCN.Cl. The summed E-state index contributed by atoms with van der Waals surface area (Å²) in [5.74, 6) is 1.27. The number of hydrogen-bond donors (Lipinski definition) is 2. The van der Waals surface area contributed by atoms with Crippen molar-refractivity contribution in [3.63, 3.8) is 0 Å². The molecule has 2 aliphatic rings. The highest BCUT2D eigenvalue weighted by atomic mass is 35.5. The Kier molecular flexibility index (Phi) is 7.11. The Morgan fingerprint density at radius 2 is 2.27 bits per heavy atom. The lowest BCUT2D eigenvalue weighted by molar-refractivity contribution is 0.0630. The van der Waals surface area contributed by atoms with Crippen molar-refractivity contribution in [1.29, 1.82) is 0 Å². The molecule has 0 radical (unpaired) electrons. The van der Waals surface area contributed by atoms with E-state index in [4.69, 9.17) is 19.9 Å². The van der Waals surface area contributed by atoms with Gasteiger partial charge in [0.1, 0.15) is 0 Å². The highest BCUT2D eigenvalue weighted by Gasteiger charge is 2.51. The average Bonchev–Trinajstić information content (AvgIpc) is 3.18. The van der Waals surface area contributed by atoms with Crippen molar-refractivity contribution in [2.45, 2.75) is 6.42 Å². The first kappa shape index (κ1) is 20.8. The van der Waals surface area contributed by atoms with E-state index in [1.807, 2.05) is 0 Å². The van der Waals surface area contributed by atoms with Gasteiger partial charge < -0.3 is 30.0 Å². The van der Waals surface area contributed by atoms with Crippen LogP contribution < -0.4 is 15.2 Å². The smallest absolute Gasteiger partial charge is 0.254 e. The van der Waals surface area contributed by atoms with Crippen molar-refractivity contribution in [3.05, 3.63) is 23.8 Å². The van der Waals surface area contributed by atoms with E-state index in [2.05, 4.69) is 0 Å². The third-order valence-electron chi connectivity index (χ3n) is 5.14. The first-order valence-electron chi connectivity index (χ1n) is 8.62. The Morgan fingerprint density at radius 1 is 1.46 bits per heavy atom. The molecule has 0 aromatic heterocycles. The van der Waals surface area contributed by atoms with E-state index < -0.39 is 0 Å². The van der Waals surface area contributed by atoms with E-state index >= 15 is 0 Å². The molecule has 146 valence electrons. The average molecular weight is 387 g/mol. The number of benzene rings is 1.